The highest BCUT2D eigenvalue weighted by Crippen LogP contribution is 2.21. The highest BCUT2D eigenvalue weighted by atomic mass is 16.1. The fourth-order valence-electron chi connectivity index (χ4n) is 2.20. The van der Waals surface area contributed by atoms with E-state index in [9.17, 15) is 4.79 Å². The van der Waals surface area contributed by atoms with Gasteiger partial charge in [0.25, 0.3) is 5.56 Å². The maximum absolute atomic E-state index is 12.0. The number of aromatic nitrogens is 2. The van der Waals surface area contributed by atoms with Gasteiger partial charge < -0.3 is 4.57 Å². The molecule has 15 heavy (non-hydrogen) atoms. The van der Waals surface area contributed by atoms with Crippen molar-refractivity contribution in [2.45, 2.75) is 45.4 Å². The van der Waals surface area contributed by atoms with E-state index in [1.54, 1.807) is 4.57 Å². The molecule has 82 valence electrons. The summed E-state index contributed by atoms with van der Waals surface area (Å²) in [7, 11) is 1.88. The Morgan fingerprint density at radius 2 is 2.20 bits per heavy atom. The van der Waals surface area contributed by atoms with Crippen LogP contribution in [0.15, 0.2) is 4.79 Å². The molecule has 0 spiro atoms. The van der Waals surface area contributed by atoms with E-state index in [1.807, 2.05) is 7.05 Å². The molecule has 3 heteroatoms. The zero-order valence-electron chi connectivity index (χ0n) is 9.71. The second kappa shape index (κ2) is 3.80. The molecule has 1 heterocycles. The summed E-state index contributed by atoms with van der Waals surface area (Å²) in [5.74, 6) is 0.273. The molecule has 0 saturated heterocycles. The predicted octanol–water partition coefficient (Wildman–Crippen LogP) is 1.78. The Labute approximate surface area is 90.2 Å². The summed E-state index contributed by atoms with van der Waals surface area (Å²) in [6, 6.07) is 0. The minimum Gasteiger partial charge on any atom is -0.312 e. The van der Waals surface area contributed by atoms with E-state index in [4.69, 9.17) is 0 Å². The third-order valence-corrected chi connectivity index (χ3v) is 3.42. The van der Waals surface area contributed by atoms with E-state index in [0.29, 0.717) is 0 Å². The van der Waals surface area contributed by atoms with Crippen LogP contribution in [0.2, 0.25) is 0 Å². The van der Waals surface area contributed by atoms with Crippen molar-refractivity contribution in [1.82, 2.24) is 9.55 Å². The molecular formula is C12H18N2O. The molecule has 2 rings (SSSR count). The zero-order valence-corrected chi connectivity index (χ0v) is 9.71. The van der Waals surface area contributed by atoms with Gasteiger partial charge in [-0.05, 0) is 25.7 Å². The number of fused-ring (bicyclic) bond motifs is 1. The highest BCUT2D eigenvalue weighted by molar-refractivity contribution is 5.22. The summed E-state index contributed by atoms with van der Waals surface area (Å²) in [6.07, 6.45) is 4.16. The number of hydrogen-bond donors (Lipinski definition) is 0. The van der Waals surface area contributed by atoms with Gasteiger partial charge in [-0.25, -0.2) is 4.98 Å². The van der Waals surface area contributed by atoms with Crippen LogP contribution in [-0.4, -0.2) is 9.55 Å². The normalized spacial score (nSPS) is 16.5. The number of hydrogen-bond acceptors (Lipinski definition) is 2. The maximum Gasteiger partial charge on any atom is 0.272 e. The van der Waals surface area contributed by atoms with Gasteiger partial charge in [0.1, 0.15) is 5.69 Å². The third kappa shape index (κ3) is 1.60. The summed E-state index contributed by atoms with van der Waals surface area (Å²) in [4.78, 5) is 16.6. The first-order chi connectivity index (χ1) is 7.15. The van der Waals surface area contributed by atoms with Crippen LogP contribution < -0.4 is 5.56 Å². The van der Waals surface area contributed by atoms with E-state index >= 15 is 0 Å². The van der Waals surface area contributed by atoms with Gasteiger partial charge in [-0.15, -0.1) is 0 Å². The van der Waals surface area contributed by atoms with Crippen molar-refractivity contribution in [3.05, 3.63) is 27.4 Å². The lowest BCUT2D eigenvalue weighted by Crippen LogP contribution is -2.27. The molecule has 0 aromatic carbocycles. The van der Waals surface area contributed by atoms with E-state index in [-0.39, 0.29) is 11.5 Å². The second-order valence-electron chi connectivity index (χ2n) is 4.42. The predicted molar refractivity (Wildman–Crippen MR) is 60.2 cm³/mol. The van der Waals surface area contributed by atoms with Crippen molar-refractivity contribution in [3.8, 4) is 0 Å². The maximum atomic E-state index is 12.0. The molecular weight excluding hydrogens is 188 g/mol. The van der Waals surface area contributed by atoms with Gasteiger partial charge in [0.15, 0.2) is 0 Å². The van der Waals surface area contributed by atoms with Gasteiger partial charge in [-0.3, -0.25) is 4.79 Å². The molecule has 3 nitrogen and oxygen atoms in total. The van der Waals surface area contributed by atoms with Crippen LogP contribution in [0.5, 0.6) is 0 Å². The van der Waals surface area contributed by atoms with Crippen LogP contribution in [0.25, 0.3) is 0 Å². The van der Waals surface area contributed by atoms with Crippen LogP contribution in [0.3, 0.4) is 0 Å². The highest BCUT2D eigenvalue weighted by Gasteiger charge is 2.20. The van der Waals surface area contributed by atoms with Crippen molar-refractivity contribution in [3.63, 3.8) is 0 Å². The van der Waals surface area contributed by atoms with Gasteiger partial charge >= 0.3 is 0 Å². The van der Waals surface area contributed by atoms with Gasteiger partial charge in [-0.2, -0.15) is 0 Å². The molecule has 0 bridgehead atoms. The molecule has 1 aromatic heterocycles. The molecule has 1 aliphatic rings. The fraction of sp³-hybridized carbons (Fsp3) is 0.667. The molecule has 0 amide bonds. The van der Waals surface area contributed by atoms with Crippen molar-refractivity contribution in [1.29, 1.82) is 0 Å². The lowest BCUT2D eigenvalue weighted by atomic mass is 10.1. The van der Waals surface area contributed by atoms with E-state index in [0.717, 1.165) is 42.8 Å². The van der Waals surface area contributed by atoms with Crippen LogP contribution >= 0.6 is 0 Å². The summed E-state index contributed by atoms with van der Waals surface area (Å²) >= 11 is 0. The average molecular weight is 206 g/mol. The van der Waals surface area contributed by atoms with Gasteiger partial charge in [0.2, 0.25) is 0 Å². The molecule has 1 atom stereocenters. The zero-order chi connectivity index (χ0) is 11.0. The van der Waals surface area contributed by atoms with Gasteiger partial charge in [0, 0.05) is 18.7 Å². The molecule has 1 aliphatic carbocycles. The average Bonchev–Trinajstić information content (AvgIpc) is 2.70. The quantitative estimate of drug-likeness (QED) is 0.739. The first kappa shape index (κ1) is 10.4. The standard InChI is InChI=1S/C12H18N2O/c1-4-8(2)11-12(15)14(3)10-7-5-6-9(10)13-11/h8H,4-7H2,1-3H3. The summed E-state index contributed by atoms with van der Waals surface area (Å²) in [5, 5.41) is 0. The first-order valence-electron chi connectivity index (χ1n) is 5.73. The van der Waals surface area contributed by atoms with Crippen molar-refractivity contribution >= 4 is 0 Å². The third-order valence-electron chi connectivity index (χ3n) is 3.42. The van der Waals surface area contributed by atoms with Gasteiger partial charge in [0.05, 0.1) is 5.69 Å². The number of aryl methyl sites for hydroxylation is 1. The van der Waals surface area contributed by atoms with Crippen molar-refractivity contribution in [2.24, 2.45) is 7.05 Å². The van der Waals surface area contributed by atoms with Gasteiger partial charge in [-0.1, -0.05) is 13.8 Å². The number of nitrogens with zero attached hydrogens (tertiary/aromatic N) is 2. The Kier molecular flexibility index (Phi) is 2.63. The molecule has 0 fully saturated rings. The Bertz CT molecular complexity index is 434. The molecule has 0 radical (unpaired) electrons. The molecule has 0 saturated carbocycles. The minimum atomic E-state index is 0.102. The summed E-state index contributed by atoms with van der Waals surface area (Å²) < 4.78 is 1.80. The van der Waals surface area contributed by atoms with Crippen LogP contribution in [0.1, 0.15) is 49.7 Å². The second-order valence-corrected chi connectivity index (χ2v) is 4.42. The SMILES string of the molecule is CCC(C)c1nc2c(n(C)c1=O)CCC2. The topological polar surface area (TPSA) is 34.9 Å². The van der Waals surface area contributed by atoms with E-state index in [1.165, 1.54) is 0 Å². The lowest BCUT2D eigenvalue weighted by Gasteiger charge is -2.12. The Balaban J connectivity index is 2.59. The van der Waals surface area contributed by atoms with Crippen LogP contribution in [0.4, 0.5) is 0 Å². The van der Waals surface area contributed by atoms with Crippen molar-refractivity contribution in [2.75, 3.05) is 0 Å². The van der Waals surface area contributed by atoms with Crippen LogP contribution in [0, 0.1) is 0 Å². The molecule has 0 N–H and O–H groups in total. The Hall–Kier alpha value is -1.12. The molecule has 1 unspecified atom stereocenters. The smallest absolute Gasteiger partial charge is 0.272 e. The number of rotatable bonds is 2. The van der Waals surface area contributed by atoms with Crippen molar-refractivity contribution < 1.29 is 0 Å². The minimum absolute atomic E-state index is 0.102. The largest absolute Gasteiger partial charge is 0.312 e. The monoisotopic (exact) mass is 206 g/mol. The Morgan fingerprint density at radius 3 is 2.87 bits per heavy atom. The first-order valence-corrected chi connectivity index (χ1v) is 5.73. The van der Waals surface area contributed by atoms with E-state index in [2.05, 4.69) is 18.8 Å². The fourth-order valence-corrected chi connectivity index (χ4v) is 2.20. The molecule has 1 aromatic rings. The van der Waals surface area contributed by atoms with E-state index < -0.39 is 0 Å². The van der Waals surface area contributed by atoms with Crippen LogP contribution in [-0.2, 0) is 19.9 Å². The molecule has 0 aliphatic heterocycles. The summed E-state index contributed by atoms with van der Waals surface area (Å²) in [5.41, 5.74) is 3.14. The Morgan fingerprint density at radius 1 is 1.47 bits per heavy atom. The summed E-state index contributed by atoms with van der Waals surface area (Å²) in [6.45, 7) is 4.17. The lowest BCUT2D eigenvalue weighted by molar-refractivity contribution is 0.656.